The average Bonchev–Trinajstić information content (AvgIpc) is 1.61. The van der Waals surface area contributed by atoms with Crippen molar-refractivity contribution >= 4 is 20.4 Å². The Morgan fingerprint density at radius 3 is 2.57 bits per heavy atom. The van der Waals surface area contributed by atoms with Crippen LogP contribution >= 0.6 is 8.86 Å². The molecule has 0 amide bonds. The van der Waals surface area contributed by atoms with Crippen molar-refractivity contribution in [3.8, 4) is 0 Å². The third kappa shape index (κ3) is 5.84. The normalized spacial score (nSPS) is 8.14. The average molecular weight is 117 g/mol. The molecule has 0 aromatic carbocycles. The summed E-state index contributed by atoms with van der Waals surface area (Å²) in [7, 11) is 2.47. The van der Waals surface area contributed by atoms with Gasteiger partial charge in [0.05, 0.1) is 14.7 Å². The summed E-state index contributed by atoms with van der Waals surface area (Å²) in [4.78, 5) is 10.2. The molecule has 40 valence electrons. The van der Waals surface area contributed by atoms with Gasteiger partial charge < -0.3 is 4.79 Å². The first-order chi connectivity index (χ1) is 3.27. The molecule has 0 fully saturated rings. The molecule has 1 atom stereocenters. The molecule has 0 saturated carbocycles. The first-order valence-electron chi connectivity index (χ1n) is 2.30. The van der Waals surface area contributed by atoms with Crippen LogP contribution in [0.1, 0.15) is 19.8 Å². The van der Waals surface area contributed by atoms with E-state index >= 15 is 0 Å². The molecule has 0 aliphatic carbocycles. The van der Waals surface area contributed by atoms with E-state index in [0.29, 0.717) is 6.42 Å². The van der Waals surface area contributed by atoms with Gasteiger partial charge in [-0.15, -0.1) is 0 Å². The van der Waals surface area contributed by atoms with E-state index in [1.54, 1.807) is 6.92 Å². The molecule has 0 aromatic rings. The van der Waals surface area contributed by atoms with E-state index in [1.165, 1.54) is 0 Å². The van der Waals surface area contributed by atoms with Crippen LogP contribution in [-0.4, -0.2) is 11.6 Å². The quantitative estimate of drug-likeness (QED) is 0.504. The highest BCUT2D eigenvalue weighted by Crippen LogP contribution is 1.85. The molecule has 0 aliphatic rings. The number of hydrogen-bond donors (Lipinski definition) is 0. The Morgan fingerprint density at radius 2 is 2.43 bits per heavy atom. The molecule has 2 heteroatoms. The minimum atomic E-state index is 0.263. The highest BCUT2D eigenvalue weighted by Gasteiger charge is 1.87. The van der Waals surface area contributed by atoms with E-state index < -0.39 is 0 Å². The van der Waals surface area contributed by atoms with E-state index in [1.807, 2.05) is 5.80 Å². The highest BCUT2D eigenvalue weighted by molar-refractivity contribution is 7.18. The van der Waals surface area contributed by atoms with Crippen molar-refractivity contribution in [2.45, 2.75) is 19.8 Å². The maximum absolute atomic E-state index is 10.2. The summed E-state index contributed by atoms with van der Waals surface area (Å²) in [5.41, 5.74) is 0. The summed E-state index contributed by atoms with van der Waals surface area (Å²) in [5.74, 6) is 2.18. The van der Waals surface area contributed by atoms with Gasteiger partial charge in [-0.3, -0.25) is 0 Å². The van der Waals surface area contributed by atoms with Crippen LogP contribution < -0.4 is 0 Å². The predicted octanol–water partition coefficient (Wildman–Crippen LogP) is 1.03. The van der Waals surface area contributed by atoms with Crippen LogP contribution in [0.3, 0.4) is 0 Å². The second-order valence-electron chi connectivity index (χ2n) is 1.48. The lowest BCUT2D eigenvalue weighted by Gasteiger charge is -1.80. The maximum atomic E-state index is 10.2. The van der Waals surface area contributed by atoms with Crippen molar-refractivity contribution in [1.29, 1.82) is 0 Å². The van der Waals surface area contributed by atoms with E-state index in [0.717, 1.165) is 6.42 Å². The Hall–Kier alpha value is -0.160. The van der Waals surface area contributed by atoms with Gasteiger partial charge in [-0.05, 0) is 6.92 Å². The number of hydrogen-bond acceptors (Lipinski definition) is 1. The van der Waals surface area contributed by atoms with Crippen LogP contribution in [0.25, 0.3) is 0 Å². The van der Waals surface area contributed by atoms with Crippen molar-refractivity contribution in [3.05, 3.63) is 0 Å². The summed E-state index contributed by atoms with van der Waals surface area (Å²) < 4.78 is 0. The van der Waals surface area contributed by atoms with Crippen molar-refractivity contribution in [2.75, 3.05) is 0 Å². The number of carbonyl (C=O) groups is 1. The van der Waals surface area contributed by atoms with Gasteiger partial charge in [-0.2, -0.15) is 0 Å². The van der Waals surface area contributed by atoms with E-state index in [-0.39, 0.29) is 5.78 Å². The molecule has 0 radical (unpaired) electrons. The van der Waals surface area contributed by atoms with Gasteiger partial charge in [0.25, 0.3) is 0 Å². The number of ketones is 1. The summed E-state index contributed by atoms with van der Waals surface area (Å²) in [6.45, 7) is 1.61. The third-order valence-electron chi connectivity index (χ3n) is 0.663. The monoisotopic (exact) mass is 117 g/mol. The maximum Gasteiger partial charge on any atom is 0.130 e. The SMILES string of the molecule is CC(=O)CCC=[PH2+]. The lowest BCUT2D eigenvalue weighted by molar-refractivity contribution is -0.116. The number of Topliss-reactive ketones (excluding diaryl/α,β-unsaturated/α-hetero) is 1. The second kappa shape index (κ2) is 4.01. The number of carbonyl (C=O) groups excluding carboxylic acids is 1. The van der Waals surface area contributed by atoms with E-state index in [9.17, 15) is 4.79 Å². The van der Waals surface area contributed by atoms with Gasteiger partial charge in [0, 0.05) is 12.8 Å². The van der Waals surface area contributed by atoms with Gasteiger partial charge in [-0.25, -0.2) is 0 Å². The van der Waals surface area contributed by atoms with Crippen molar-refractivity contribution in [1.82, 2.24) is 0 Å². The summed E-state index contributed by atoms with van der Waals surface area (Å²) in [6, 6.07) is 0. The van der Waals surface area contributed by atoms with E-state index in [2.05, 4.69) is 8.86 Å². The predicted molar refractivity (Wildman–Crippen MR) is 35.7 cm³/mol. The molecule has 7 heavy (non-hydrogen) atoms. The fourth-order valence-corrected chi connectivity index (χ4v) is 0.453. The van der Waals surface area contributed by atoms with Gasteiger partial charge in [0.2, 0.25) is 0 Å². The lowest BCUT2D eigenvalue weighted by Crippen LogP contribution is -1.87. The molecule has 0 rings (SSSR count). The highest BCUT2D eigenvalue weighted by atomic mass is 31.0. The van der Waals surface area contributed by atoms with Gasteiger partial charge in [0.15, 0.2) is 0 Å². The first kappa shape index (κ1) is 6.84. The zero-order valence-electron chi connectivity index (χ0n) is 4.48. The molecular formula is C5H10OP+. The largest absolute Gasteiger partial charge is 0.300 e. The summed E-state index contributed by atoms with van der Waals surface area (Å²) in [5, 5.41) is 0. The standard InChI is InChI=1S/C5H9OP/c1-5(6)3-2-4-7/h4,7H,2-3H2,1H3/p+1. The molecule has 0 aromatic heterocycles. The minimum Gasteiger partial charge on any atom is -0.300 e. The van der Waals surface area contributed by atoms with Crippen LogP contribution in [0.5, 0.6) is 0 Å². The molecule has 1 unspecified atom stereocenters. The van der Waals surface area contributed by atoms with Crippen molar-refractivity contribution in [2.24, 2.45) is 0 Å². The molecule has 0 saturated heterocycles. The summed E-state index contributed by atoms with van der Waals surface area (Å²) in [6.07, 6.45) is 1.57. The Labute approximate surface area is 45.9 Å². The topological polar surface area (TPSA) is 17.1 Å². The smallest absolute Gasteiger partial charge is 0.130 e. The zero-order valence-corrected chi connectivity index (χ0v) is 5.63. The van der Waals surface area contributed by atoms with Crippen LogP contribution in [0, 0.1) is 0 Å². The first-order valence-corrected chi connectivity index (χ1v) is 2.97. The Balaban J connectivity index is 2.97. The molecule has 0 aliphatic heterocycles. The van der Waals surface area contributed by atoms with Gasteiger partial charge in [-0.1, -0.05) is 0 Å². The van der Waals surface area contributed by atoms with E-state index in [4.69, 9.17) is 0 Å². The Bertz CT molecular complexity index is 78.1. The molecular weight excluding hydrogens is 107 g/mol. The molecule has 0 bridgehead atoms. The second-order valence-corrected chi connectivity index (χ2v) is 1.95. The number of rotatable bonds is 3. The Morgan fingerprint density at radius 1 is 1.86 bits per heavy atom. The molecule has 0 N–H and O–H groups in total. The van der Waals surface area contributed by atoms with Crippen LogP contribution in [-0.2, 0) is 4.79 Å². The molecule has 0 spiro atoms. The fraction of sp³-hybridized carbons (Fsp3) is 0.600. The lowest BCUT2D eigenvalue weighted by atomic mass is 10.3. The van der Waals surface area contributed by atoms with Crippen molar-refractivity contribution < 1.29 is 4.79 Å². The zero-order chi connectivity index (χ0) is 5.70. The third-order valence-corrected chi connectivity index (χ3v) is 0.996. The minimum absolute atomic E-state index is 0.263. The van der Waals surface area contributed by atoms with Crippen LogP contribution in [0.15, 0.2) is 0 Å². The van der Waals surface area contributed by atoms with Crippen LogP contribution in [0.4, 0.5) is 0 Å². The Kier molecular flexibility index (Phi) is 3.92. The molecule has 1 nitrogen and oxygen atoms in total. The van der Waals surface area contributed by atoms with Gasteiger partial charge in [0.1, 0.15) is 5.78 Å². The fourth-order valence-electron chi connectivity index (χ4n) is 0.287. The van der Waals surface area contributed by atoms with Gasteiger partial charge >= 0.3 is 0 Å². The summed E-state index contributed by atoms with van der Waals surface area (Å²) >= 11 is 0. The van der Waals surface area contributed by atoms with Crippen molar-refractivity contribution in [3.63, 3.8) is 0 Å². The molecule has 0 heterocycles. The van der Waals surface area contributed by atoms with Crippen LogP contribution in [0.2, 0.25) is 0 Å².